The van der Waals surface area contributed by atoms with Gasteiger partial charge in [0.15, 0.2) is 5.43 Å². The van der Waals surface area contributed by atoms with Gasteiger partial charge in [0.05, 0.1) is 5.52 Å². The number of aromatic hydroxyl groups is 2. The van der Waals surface area contributed by atoms with Crippen molar-refractivity contribution < 1.29 is 10.2 Å². The summed E-state index contributed by atoms with van der Waals surface area (Å²) in [5.41, 5.74) is 1.74. The predicted octanol–water partition coefficient (Wildman–Crippen LogP) is 2.61. The van der Waals surface area contributed by atoms with E-state index < -0.39 is 0 Å². The van der Waals surface area contributed by atoms with Crippen molar-refractivity contribution in [2.75, 3.05) is 0 Å². The number of aromatic amines is 1. The molecule has 0 aliphatic carbocycles. The Morgan fingerprint density at radius 3 is 2.47 bits per heavy atom. The molecular formula is C15H11NO3. The molecule has 0 aliphatic heterocycles. The standard InChI is InChI=1S/C15H11NO3/c17-10-3-1-2-9(6-10)13-8-15(19)12-5-4-11(18)7-14(12)16-13/h1-8,17-18H,(H,16,19). The van der Waals surface area contributed by atoms with Gasteiger partial charge in [-0.05, 0) is 24.3 Å². The van der Waals surface area contributed by atoms with Crippen LogP contribution in [0.5, 0.6) is 11.5 Å². The Hall–Kier alpha value is -2.75. The lowest BCUT2D eigenvalue weighted by molar-refractivity contribution is 0.475. The maximum atomic E-state index is 12.0. The van der Waals surface area contributed by atoms with Gasteiger partial charge in [-0.3, -0.25) is 4.79 Å². The highest BCUT2D eigenvalue weighted by Crippen LogP contribution is 2.23. The summed E-state index contributed by atoms with van der Waals surface area (Å²) in [5, 5.41) is 19.4. The lowest BCUT2D eigenvalue weighted by atomic mass is 10.1. The number of H-pyrrole nitrogens is 1. The number of nitrogens with one attached hydrogen (secondary N) is 1. The van der Waals surface area contributed by atoms with Crippen molar-refractivity contribution in [1.29, 1.82) is 0 Å². The Kier molecular flexibility index (Phi) is 2.49. The number of hydrogen-bond acceptors (Lipinski definition) is 3. The van der Waals surface area contributed by atoms with Gasteiger partial charge < -0.3 is 15.2 Å². The number of benzene rings is 2. The molecule has 4 nitrogen and oxygen atoms in total. The average Bonchev–Trinajstić information content (AvgIpc) is 2.38. The van der Waals surface area contributed by atoms with E-state index in [9.17, 15) is 15.0 Å². The molecule has 0 radical (unpaired) electrons. The molecule has 0 bridgehead atoms. The zero-order valence-corrected chi connectivity index (χ0v) is 9.92. The Morgan fingerprint density at radius 1 is 0.895 bits per heavy atom. The normalized spacial score (nSPS) is 10.7. The fourth-order valence-electron chi connectivity index (χ4n) is 2.07. The Labute approximate surface area is 108 Å². The smallest absolute Gasteiger partial charge is 0.190 e. The number of phenols is 2. The topological polar surface area (TPSA) is 73.3 Å². The van der Waals surface area contributed by atoms with Crippen molar-refractivity contribution in [3.63, 3.8) is 0 Å². The minimum Gasteiger partial charge on any atom is -0.508 e. The molecule has 0 saturated carbocycles. The van der Waals surface area contributed by atoms with E-state index in [0.717, 1.165) is 0 Å². The molecule has 19 heavy (non-hydrogen) atoms. The second-order valence-electron chi connectivity index (χ2n) is 4.33. The first-order valence-electron chi connectivity index (χ1n) is 5.79. The van der Waals surface area contributed by atoms with Crippen molar-refractivity contribution in [2.24, 2.45) is 0 Å². The predicted molar refractivity (Wildman–Crippen MR) is 73.3 cm³/mol. The minimum atomic E-state index is -0.132. The molecule has 3 aromatic rings. The lowest BCUT2D eigenvalue weighted by Crippen LogP contribution is -2.02. The SMILES string of the molecule is O=c1cc(-c2cccc(O)c2)[nH]c2cc(O)ccc12. The molecule has 3 rings (SSSR count). The number of pyridine rings is 1. The van der Waals surface area contributed by atoms with Crippen LogP contribution >= 0.6 is 0 Å². The first kappa shape index (κ1) is 11.3. The number of fused-ring (bicyclic) bond motifs is 1. The maximum absolute atomic E-state index is 12.0. The molecule has 3 N–H and O–H groups in total. The second kappa shape index (κ2) is 4.17. The molecule has 2 aromatic carbocycles. The highest BCUT2D eigenvalue weighted by atomic mass is 16.3. The van der Waals surface area contributed by atoms with Crippen LogP contribution in [-0.2, 0) is 0 Å². The first-order valence-corrected chi connectivity index (χ1v) is 5.79. The van der Waals surface area contributed by atoms with Crippen LogP contribution in [0.3, 0.4) is 0 Å². The zero-order chi connectivity index (χ0) is 13.4. The summed E-state index contributed by atoms with van der Waals surface area (Å²) in [6, 6.07) is 12.7. The van der Waals surface area contributed by atoms with Gasteiger partial charge in [-0.25, -0.2) is 0 Å². The molecular weight excluding hydrogens is 242 g/mol. The van der Waals surface area contributed by atoms with Crippen LogP contribution in [0.15, 0.2) is 53.3 Å². The third-order valence-electron chi connectivity index (χ3n) is 2.97. The summed E-state index contributed by atoms with van der Waals surface area (Å²) in [7, 11) is 0. The van der Waals surface area contributed by atoms with Crippen molar-refractivity contribution in [1.82, 2.24) is 4.98 Å². The van der Waals surface area contributed by atoms with Gasteiger partial charge in [0.25, 0.3) is 0 Å². The molecule has 0 aliphatic rings. The maximum Gasteiger partial charge on any atom is 0.190 e. The van der Waals surface area contributed by atoms with Gasteiger partial charge in [-0.2, -0.15) is 0 Å². The van der Waals surface area contributed by atoms with Crippen LogP contribution in [0, 0.1) is 0 Å². The van der Waals surface area contributed by atoms with Gasteiger partial charge in [-0.1, -0.05) is 12.1 Å². The van der Waals surface area contributed by atoms with Crippen LogP contribution in [0.1, 0.15) is 0 Å². The van der Waals surface area contributed by atoms with Gasteiger partial charge in [0, 0.05) is 28.8 Å². The molecule has 4 heteroatoms. The molecule has 0 unspecified atom stereocenters. The van der Waals surface area contributed by atoms with E-state index in [1.807, 2.05) is 0 Å². The third-order valence-corrected chi connectivity index (χ3v) is 2.97. The van der Waals surface area contributed by atoms with E-state index in [0.29, 0.717) is 22.2 Å². The molecule has 0 spiro atoms. The molecule has 0 fully saturated rings. The molecule has 1 aromatic heterocycles. The number of phenolic OH excluding ortho intramolecular Hbond substituents is 2. The van der Waals surface area contributed by atoms with E-state index in [4.69, 9.17) is 0 Å². The Morgan fingerprint density at radius 2 is 1.68 bits per heavy atom. The first-order chi connectivity index (χ1) is 9.13. The van der Waals surface area contributed by atoms with Crippen LogP contribution in [0.25, 0.3) is 22.2 Å². The van der Waals surface area contributed by atoms with Crippen LogP contribution in [-0.4, -0.2) is 15.2 Å². The summed E-state index contributed by atoms with van der Waals surface area (Å²) >= 11 is 0. The van der Waals surface area contributed by atoms with Crippen LogP contribution < -0.4 is 5.43 Å². The quantitative estimate of drug-likeness (QED) is 0.624. The summed E-state index contributed by atoms with van der Waals surface area (Å²) in [5.74, 6) is 0.227. The summed E-state index contributed by atoms with van der Waals surface area (Å²) in [4.78, 5) is 15.1. The average molecular weight is 253 g/mol. The summed E-state index contributed by atoms with van der Waals surface area (Å²) in [6.07, 6.45) is 0. The van der Waals surface area contributed by atoms with Crippen LogP contribution in [0.4, 0.5) is 0 Å². The fraction of sp³-hybridized carbons (Fsp3) is 0. The summed E-state index contributed by atoms with van der Waals surface area (Å²) in [6.45, 7) is 0. The summed E-state index contributed by atoms with van der Waals surface area (Å²) < 4.78 is 0. The largest absolute Gasteiger partial charge is 0.508 e. The Bertz CT molecular complexity index is 821. The Balaban J connectivity index is 2.28. The van der Waals surface area contributed by atoms with Crippen molar-refractivity contribution in [3.8, 4) is 22.8 Å². The second-order valence-corrected chi connectivity index (χ2v) is 4.33. The van der Waals surface area contributed by atoms with Crippen molar-refractivity contribution >= 4 is 10.9 Å². The lowest BCUT2D eigenvalue weighted by Gasteiger charge is -2.05. The van der Waals surface area contributed by atoms with E-state index in [2.05, 4.69) is 4.98 Å². The van der Waals surface area contributed by atoms with E-state index in [1.54, 1.807) is 30.3 Å². The van der Waals surface area contributed by atoms with Gasteiger partial charge in [-0.15, -0.1) is 0 Å². The van der Waals surface area contributed by atoms with Gasteiger partial charge in [0.2, 0.25) is 0 Å². The van der Waals surface area contributed by atoms with E-state index >= 15 is 0 Å². The minimum absolute atomic E-state index is 0.0937. The monoisotopic (exact) mass is 253 g/mol. The molecule has 0 amide bonds. The van der Waals surface area contributed by atoms with E-state index in [-0.39, 0.29) is 16.9 Å². The highest BCUT2D eigenvalue weighted by Gasteiger charge is 2.05. The zero-order valence-electron chi connectivity index (χ0n) is 9.92. The van der Waals surface area contributed by atoms with Gasteiger partial charge in [0.1, 0.15) is 11.5 Å². The molecule has 0 saturated heterocycles. The highest BCUT2D eigenvalue weighted by molar-refractivity contribution is 5.82. The third kappa shape index (κ3) is 2.04. The fourth-order valence-corrected chi connectivity index (χ4v) is 2.07. The number of aromatic nitrogens is 1. The van der Waals surface area contributed by atoms with E-state index in [1.165, 1.54) is 18.2 Å². The number of rotatable bonds is 1. The van der Waals surface area contributed by atoms with Crippen molar-refractivity contribution in [3.05, 3.63) is 58.8 Å². The molecule has 94 valence electrons. The molecule has 0 atom stereocenters. The van der Waals surface area contributed by atoms with Crippen molar-refractivity contribution in [2.45, 2.75) is 0 Å². The van der Waals surface area contributed by atoms with Crippen LogP contribution in [0.2, 0.25) is 0 Å². The molecule has 1 heterocycles. The number of hydrogen-bond donors (Lipinski definition) is 3. The van der Waals surface area contributed by atoms with Gasteiger partial charge >= 0.3 is 0 Å².